The molecule has 0 radical (unpaired) electrons. The molecule has 0 aromatic heterocycles. The second-order valence-electron chi connectivity index (χ2n) is 5.05. The minimum atomic E-state index is -0.600. The molecule has 0 bridgehead atoms. The second-order valence-corrected chi connectivity index (χ2v) is 5.05. The molecule has 0 saturated carbocycles. The largest absolute Gasteiger partial charge is 0.299 e. The first-order valence-corrected chi connectivity index (χ1v) is 6.47. The van der Waals surface area contributed by atoms with Gasteiger partial charge in [-0.15, -0.1) is 0 Å². The Kier molecular flexibility index (Phi) is 3.51. The second kappa shape index (κ2) is 4.96. The molecule has 4 heteroatoms. The maximum atomic E-state index is 11.9. The van der Waals surface area contributed by atoms with Crippen LogP contribution in [0.15, 0.2) is 18.2 Å². The molecular formula is C15H17NO3. The number of ketones is 2. The van der Waals surface area contributed by atoms with Gasteiger partial charge in [-0.3, -0.25) is 19.3 Å². The summed E-state index contributed by atoms with van der Waals surface area (Å²) in [5.74, 6) is -1.31. The lowest BCUT2D eigenvalue weighted by Crippen LogP contribution is -2.36. The van der Waals surface area contributed by atoms with E-state index in [1.807, 2.05) is 13.0 Å². The Morgan fingerprint density at radius 2 is 1.95 bits per heavy atom. The highest BCUT2D eigenvalue weighted by molar-refractivity contribution is 6.52. The molecule has 0 N–H and O–H groups in total. The van der Waals surface area contributed by atoms with Crippen LogP contribution in [0.1, 0.15) is 36.7 Å². The lowest BCUT2D eigenvalue weighted by molar-refractivity contribution is -0.122. The van der Waals surface area contributed by atoms with E-state index in [2.05, 4.69) is 0 Å². The van der Waals surface area contributed by atoms with Crippen molar-refractivity contribution in [2.75, 3.05) is 11.4 Å². The van der Waals surface area contributed by atoms with E-state index in [4.69, 9.17) is 0 Å². The number of fused-ring (bicyclic) bond motifs is 1. The quantitative estimate of drug-likeness (QED) is 0.777. The molecule has 0 atom stereocenters. The molecule has 0 fully saturated rings. The van der Waals surface area contributed by atoms with Crippen molar-refractivity contribution in [3.63, 3.8) is 0 Å². The van der Waals surface area contributed by atoms with Gasteiger partial charge >= 0.3 is 0 Å². The SMILES string of the molecule is CCc1ccc2c(c1)C(=O)C(=O)N2CC(=O)C(C)C. The molecule has 1 aromatic rings. The molecule has 2 rings (SSSR count). The molecule has 1 aromatic carbocycles. The first kappa shape index (κ1) is 13.5. The first-order valence-electron chi connectivity index (χ1n) is 6.47. The van der Waals surface area contributed by atoms with Crippen LogP contribution < -0.4 is 4.90 Å². The van der Waals surface area contributed by atoms with Gasteiger partial charge in [-0.25, -0.2) is 0 Å². The molecule has 0 spiro atoms. The van der Waals surface area contributed by atoms with E-state index in [9.17, 15) is 14.4 Å². The summed E-state index contributed by atoms with van der Waals surface area (Å²) in [6, 6.07) is 5.39. The van der Waals surface area contributed by atoms with E-state index in [0.29, 0.717) is 11.3 Å². The van der Waals surface area contributed by atoms with Crippen LogP contribution in [0.25, 0.3) is 0 Å². The van der Waals surface area contributed by atoms with Crippen molar-refractivity contribution in [1.82, 2.24) is 0 Å². The number of carbonyl (C=O) groups excluding carboxylic acids is 3. The summed E-state index contributed by atoms with van der Waals surface area (Å²) in [5, 5.41) is 0. The Morgan fingerprint density at radius 1 is 1.26 bits per heavy atom. The molecule has 100 valence electrons. The van der Waals surface area contributed by atoms with E-state index in [0.717, 1.165) is 12.0 Å². The maximum absolute atomic E-state index is 11.9. The minimum Gasteiger partial charge on any atom is -0.297 e. The van der Waals surface area contributed by atoms with Gasteiger partial charge in [-0.1, -0.05) is 26.8 Å². The van der Waals surface area contributed by atoms with Gasteiger partial charge in [0.1, 0.15) is 0 Å². The maximum Gasteiger partial charge on any atom is 0.299 e. The Labute approximate surface area is 112 Å². The summed E-state index contributed by atoms with van der Waals surface area (Å²) in [6.07, 6.45) is 0.805. The van der Waals surface area contributed by atoms with Crippen molar-refractivity contribution in [1.29, 1.82) is 0 Å². The third kappa shape index (κ3) is 2.30. The summed E-state index contributed by atoms with van der Waals surface area (Å²) >= 11 is 0. The molecule has 1 aliphatic heterocycles. The number of anilines is 1. The van der Waals surface area contributed by atoms with E-state index in [-0.39, 0.29) is 18.2 Å². The van der Waals surface area contributed by atoms with Crippen molar-refractivity contribution >= 4 is 23.2 Å². The average molecular weight is 259 g/mol. The highest BCUT2D eigenvalue weighted by atomic mass is 16.2. The predicted octanol–water partition coefficient (Wildman–Crippen LogP) is 2.00. The van der Waals surface area contributed by atoms with E-state index in [1.54, 1.807) is 26.0 Å². The van der Waals surface area contributed by atoms with Gasteiger partial charge in [0.2, 0.25) is 0 Å². The predicted molar refractivity (Wildman–Crippen MR) is 72.3 cm³/mol. The summed E-state index contributed by atoms with van der Waals surface area (Å²) in [7, 11) is 0. The number of benzene rings is 1. The topological polar surface area (TPSA) is 54.5 Å². The molecule has 1 amide bonds. The van der Waals surface area contributed by atoms with Gasteiger partial charge in [0, 0.05) is 5.92 Å². The number of aryl methyl sites for hydroxylation is 1. The van der Waals surface area contributed by atoms with Crippen LogP contribution >= 0.6 is 0 Å². The van der Waals surface area contributed by atoms with Crippen LogP contribution in [0.5, 0.6) is 0 Å². The van der Waals surface area contributed by atoms with Gasteiger partial charge in [0.05, 0.1) is 17.8 Å². The number of amides is 1. The smallest absolute Gasteiger partial charge is 0.297 e. The van der Waals surface area contributed by atoms with Gasteiger partial charge in [0.15, 0.2) is 5.78 Å². The molecule has 1 aliphatic rings. The highest BCUT2D eigenvalue weighted by Crippen LogP contribution is 2.30. The third-order valence-electron chi connectivity index (χ3n) is 3.40. The lowest BCUT2D eigenvalue weighted by atomic mass is 10.1. The molecule has 0 aliphatic carbocycles. The van der Waals surface area contributed by atoms with Gasteiger partial charge in [-0.2, -0.15) is 0 Å². The van der Waals surface area contributed by atoms with Gasteiger partial charge in [0.25, 0.3) is 11.7 Å². The summed E-state index contributed by atoms with van der Waals surface area (Å²) in [4.78, 5) is 36.9. The fourth-order valence-electron chi connectivity index (χ4n) is 2.06. The number of Topliss-reactive ketones (excluding diaryl/α,β-unsaturated/α-hetero) is 2. The zero-order chi connectivity index (χ0) is 14.2. The van der Waals surface area contributed by atoms with Crippen LogP contribution in [0.3, 0.4) is 0 Å². The monoisotopic (exact) mass is 259 g/mol. The molecular weight excluding hydrogens is 242 g/mol. The fraction of sp³-hybridized carbons (Fsp3) is 0.400. The Balaban J connectivity index is 2.37. The zero-order valence-corrected chi connectivity index (χ0v) is 11.4. The van der Waals surface area contributed by atoms with Crippen LogP contribution in [0.2, 0.25) is 0 Å². The number of hydrogen-bond acceptors (Lipinski definition) is 3. The Morgan fingerprint density at radius 3 is 2.53 bits per heavy atom. The van der Waals surface area contributed by atoms with Crippen LogP contribution in [-0.2, 0) is 16.0 Å². The van der Waals surface area contributed by atoms with E-state index < -0.39 is 11.7 Å². The molecule has 1 heterocycles. The van der Waals surface area contributed by atoms with E-state index in [1.165, 1.54) is 4.90 Å². The van der Waals surface area contributed by atoms with Crippen molar-refractivity contribution in [3.8, 4) is 0 Å². The average Bonchev–Trinajstić information content (AvgIpc) is 2.63. The Hall–Kier alpha value is -1.97. The first-order chi connectivity index (χ1) is 8.95. The minimum absolute atomic E-state index is 0.0271. The van der Waals surface area contributed by atoms with Crippen molar-refractivity contribution < 1.29 is 14.4 Å². The number of hydrogen-bond donors (Lipinski definition) is 0. The van der Waals surface area contributed by atoms with Crippen molar-refractivity contribution in [2.24, 2.45) is 5.92 Å². The van der Waals surface area contributed by atoms with Gasteiger partial charge < -0.3 is 0 Å². The van der Waals surface area contributed by atoms with Crippen molar-refractivity contribution in [3.05, 3.63) is 29.3 Å². The normalized spacial score (nSPS) is 14.2. The molecule has 0 unspecified atom stereocenters. The third-order valence-corrected chi connectivity index (χ3v) is 3.40. The zero-order valence-electron chi connectivity index (χ0n) is 11.4. The fourth-order valence-corrected chi connectivity index (χ4v) is 2.06. The summed E-state index contributed by atoms with van der Waals surface area (Å²) < 4.78 is 0. The van der Waals surface area contributed by atoms with E-state index >= 15 is 0 Å². The van der Waals surface area contributed by atoms with Crippen LogP contribution in [0, 0.1) is 5.92 Å². The molecule has 19 heavy (non-hydrogen) atoms. The van der Waals surface area contributed by atoms with Crippen LogP contribution in [-0.4, -0.2) is 24.0 Å². The number of nitrogens with zero attached hydrogens (tertiary/aromatic N) is 1. The summed E-state index contributed by atoms with van der Waals surface area (Å²) in [6.45, 7) is 5.53. The number of carbonyl (C=O) groups is 3. The summed E-state index contributed by atoms with van der Waals surface area (Å²) in [5.41, 5.74) is 1.99. The molecule has 0 saturated heterocycles. The van der Waals surface area contributed by atoms with Crippen molar-refractivity contribution in [2.45, 2.75) is 27.2 Å². The lowest BCUT2D eigenvalue weighted by Gasteiger charge is -2.16. The molecule has 4 nitrogen and oxygen atoms in total. The van der Waals surface area contributed by atoms with Crippen LogP contribution in [0.4, 0.5) is 5.69 Å². The van der Waals surface area contributed by atoms with Gasteiger partial charge in [-0.05, 0) is 24.1 Å². The number of rotatable bonds is 4. The highest BCUT2D eigenvalue weighted by Gasteiger charge is 2.36. The Bertz CT molecular complexity index is 561. The standard InChI is InChI=1S/C15H17NO3/c1-4-10-5-6-12-11(7-10)14(18)15(19)16(12)8-13(17)9(2)3/h5-7,9H,4,8H2,1-3H3.